The normalized spacial score (nSPS) is 12.9. The molecule has 1 rings (SSSR count). The Morgan fingerprint density at radius 3 is 2.35 bits per heavy atom. The Kier molecular flexibility index (Phi) is 6.86. The molecule has 0 aliphatic carbocycles. The lowest BCUT2D eigenvalue weighted by Crippen LogP contribution is -2.06. The number of nitrogens with zero attached hydrogens (tertiary/aromatic N) is 2. The molecule has 0 fully saturated rings. The highest BCUT2D eigenvalue weighted by Crippen LogP contribution is 2.11. The van der Waals surface area contributed by atoms with E-state index < -0.39 is 0 Å². The van der Waals surface area contributed by atoms with Gasteiger partial charge in [0.05, 0.1) is 6.04 Å². The van der Waals surface area contributed by atoms with Gasteiger partial charge in [-0.3, -0.25) is 0 Å². The van der Waals surface area contributed by atoms with Crippen LogP contribution in [0.1, 0.15) is 76.6 Å². The fourth-order valence-electron chi connectivity index (χ4n) is 1.79. The summed E-state index contributed by atoms with van der Waals surface area (Å²) < 4.78 is 5.13. The fraction of sp³-hybridized carbons (Fsp3) is 0.846. The van der Waals surface area contributed by atoms with Crippen molar-refractivity contribution in [3.63, 3.8) is 0 Å². The molecular weight excluding hydrogens is 214 g/mol. The van der Waals surface area contributed by atoms with E-state index in [-0.39, 0.29) is 6.04 Å². The van der Waals surface area contributed by atoms with E-state index in [0.717, 1.165) is 18.7 Å². The van der Waals surface area contributed by atoms with Crippen molar-refractivity contribution in [3.05, 3.63) is 11.7 Å². The topological polar surface area (TPSA) is 64.9 Å². The van der Waals surface area contributed by atoms with Gasteiger partial charge in [0, 0.05) is 6.42 Å². The first-order valence-corrected chi connectivity index (χ1v) is 6.82. The van der Waals surface area contributed by atoms with Gasteiger partial charge >= 0.3 is 0 Å². The molecule has 0 spiro atoms. The van der Waals surface area contributed by atoms with Crippen LogP contribution >= 0.6 is 0 Å². The summed E-state index contributed by atoms with van der Waals surface area (Å²) in [7, 11) is 0. The molecular formula is C13H25N3O. The third kappa shape index (κ3) is 5.82. The van der Waals surface area contributed by atoms with Crippen LogP contribution in [0.15, 0.2) is 4.52 Å². The van der Waals surface area contributed by atoms with Crippen molar-refractivity contribution >= 4 is 0 Å². The van der Waals surface area contributed by atoms with Gasteiger partial charge in [0.15, 0.2) is 5.82 Å². The molecule has 0 radical (unpaired) electrons. The Labute approximate surface area is 104 Å². The first-order chi connectivity index (χ1) is 8.24. The molecule has 17 heavy (non-hydrogen) atoms. The predicted molar refractivity (Wildman–Crippen MR) is 68.6 cm³/mol. The van der Waals surface area contributed by atoms with E-state index in [1.54, 1.807) is 0 Å². The molecule has 4 nitrogen and oxygen atoms in total. The monoisotopic (exact) mass is 239 g/mol. The quantitative estimate of drug-likeness (QED) is 0.671. The van der Waals surface area contributed by atoms with E-state index in [1.165, 1.54) is 38.5 Å². The Morgan fingerprint density at radius 2 is 1.76 bits per heavy atom. The first kappa shape index (κ1) is 14.2. The molecule has 1 atom stereocenters. The van der Waals surface area contributed by atoms with Crippen molar-refractivity contribution in [2.75, 3.05) is 0 Å². The lowest BCUT2D eigenvalue weighted by Gasteiger charge is -1.98. The molecule has 0 aliphatic rings. The average Bonchev–Trinajstić information content (AvgIpc) is 2.77. The van der Waals surface area contributed by atoms with Crippen molar-refractivity contribution in [2.24, 2.45) is 5.73 Å². The molecule has 0 saturated heterocycles. The Bertz CT molecular complexity index is 297. The van der Waals surface area contributed by atoms with Crippen LogP contribution in [-0.2, 0) is 6.42 Å². The van der Waals surface area contributed by atoms with Gasteiger partial charge in [-0.25, -0.2) is 0 Å². The van der Waals surface area contributed by atoms with Crippen LogP contribution in [-0.4, -0.2) is 10.1 Å². The first-order valence-electron chi connectivity index (χ1n) is 6.82. The van der Waals surface area contributed by atoms with Gasteiger partial charge in [-0.1, -0.05) is 50.6 Å². The van der Waals surface area contributed by atoms with Gasteiger partial charge in [-0.15, -0.1) is 0 Å². The molecule has 1 aromatic heterocycles. The molecule has 0 aromatic carbocycles. The molecule has 2 N–H and O–H groups in total. The minimum absolute atomic E-state index is 0.137. The Hall–Kier alpha value is -0.900. The van der Waals surface area contributed by atoms with Crippen molar-refractivity contribution in [1.29, 1.82) is 0 Å². The summed E-state index contributed by atoms with van der Waals surface area (Å²) in [5.41, 5.74) is 5.66. The van der Waals surface area contributed by atoms with Gasteiger partial charge in [0.25, 0.3) is 0 Å². The van der Waals surface area contributed by atoms with Gasteiger partial charge in [0.1, 0.15) is 0 Å². The summed E-state index contributed by atoms with van der Waals surface area (Å²) in [6.07, 6.45) is 9.96. The van der Waals surface area contributed by atoms with E-state index in [9.17, 15) is 0 Å². The summed E-state index contributed by atoms with van der Waals surface area (Å²) >= 11 is 0. The van der Waals surface area contributed by atoms with Crippen LogP contribution < -0.4 is 5.73 Å². The van der Waals surface area contributed by atoms with E-state index >= 15 is 0 Å². The maximum Gasteiger partial charge on any atom is 0.226 e. The number of hydrogen-bond acceptors (Lipinski definition) is 4. The summed E-state index contributed by atoms with van der Waals surface area (Å²) in [5, 5.41) is 3.84. The van der Waals surface area contributed by atoms with Gasteiger partial charge < -0.3 is 10.3 Å². The molecule has 1 heterocycles. The fourth-order valence-corrected chi connectivity index (χ4v) is 1.79. The Balaban J connectivity index is 2.05. The summed E-state index contributed by atoms with van der Waals surface area (Å²) in [5.74, 6) is 1.34. The van der Waals surface area contributed by atoms with Crippen LogP contribution in [0, 0.1) is 0 Å². The van der Waals surface area contributed by atoms with Crippen LogP contribution in [0.3, 0.4) is 0 Å². The van der Waals surface area contributed by atoms with Crippen LogP contribution in [0.25, 0.3) is 0 Å². The van der Waals surface area contributed by atoms with Gasteiger partial charge in [0.2, 0.25) is 5.89 Å². The third-order valence-corrected chi connectivity index (χ3v) is 2.89. The van der Waals surface area contributed by atoms with Gasteiger partial charge in [-0.05, 0) is 13.3 Å². The largest absolute Gasteiger partial charge is 0.339 e. The minimum atomic E-state index is -0.137. The smallest absolute Gasteiger partial charge is 0.226 e. The number of aromatic nitrogens is 2. The van der Waals surface area contributed by atoms with E-state index in [4.69, 9.17) is 10.3 Å². The molecule has 98 valence electrons. The van der Waals surface area contributed by atoms with Crippen molar-refractivity contribution in [3.8, 4) is 0 Å². The highest BCUT2D eigenvalue weighted by Gasteiger charge is 2.08. The predicted octanol–water partition coefficient (Wildman–Crippen LogP) is 3.38. The molecule has 0 bridgehead atoms. The second-order valence-electron chi connectivity index (χ2n) is 4.71. The highest BCUT2D eigenvalue weighted by molar-refractivity contribution is 4.90. The summed E-state index contributed by atoms with van der Waals surface area (Å²) in [4.78, 5) is 4.25. The third-order valence-electron chi connectivity index (χ3n) is 2.89. The molecule has 4 heteroatoms. The second-order valence-corrected chi connectivity index (χ2v) is 4.71. The average molecular weight is 239 g/mol. The molecule has 0 amide bonds. The van der Waals surface area contributed by atoms with E-state index in [2.05, 4.69) is 17.1 Å². The SMILES string of the molecule is CCCCCCCCCc1nc(C(C)N)no1. The number of aryl methyl sites for hydroxylation is 1. The maximum absolute atomic E-state index is 5.66. The van der Waals surface area contributed by atoms with E-state index in [0.29, 0.717) is 5.82 Å². The molecule has 1 aromatic rings. The maximum atomic E-state index is 5.66. The summed E-state index contributed by atoms with van der Waals surface area (Å²) in [6, 6.07) is -0.137. The molecule has 1 unspecified atom stereocenters. The lowest BCUT2D eigenvalue weighted by atomic mass is 10.1. The van der Waals surface area contributed by atoms with Crippen molar-refractivity contribution < 1.29 is 4.52 Å². The van der Waals surface area contributed by atoms with Crippen molar-refractivity contribution in [2.45, 2.75) is 71.3 Å². The number of rotatable bonds is 9. The number of unbranched alkanes of at least 4 members (excludes halogenated alkanes) is 6. The zero-order chi connectivity index (χ0) is 12.5. The number of nitrogens with two attached hydrogens (primary N) is 1. The minimum Gasteiger partial charge on any atom is -0.339 e. The Morgan fingerprint density at radius 1 is 1.12 bits per heavy atom. The molecule has 0 saturated carbocycles. The summed E-state index contributed by atoms with van der Waals surface area (Å²) in [6.45, 7) is 4.11. The van der Waals surface area contributed by atoms with Gasteiger partial charge in [-0.2, -0.15) is 4.98 Å². The lowest BCUT2D eigenvalue weighted by molar-refractivity contribution is 0.366. The second kappa shape index (κ2) is 8.23. The van der Waals surface area contributed by atoms with Crippen LogP contribution in [0.5, 0.6) is 0 Å². The van der Waals surface area contributed by atoms with E-state index in [1.807, 2.05) is 6.92 Å². The zero-order valence-electron chi connectivity index (χ0n) is 11.1. The van der Waals surface area contributed by atoms with Crippen molar-refractivity contribution in [1.82, 2.24) is 10.1 Å². The molecule has 0 aliphatic heterocycles. The van der Waals surface area contributed by atoms with Crippen LogP contribution in [0.2, 0.25) is 0 Å². The van der Waals surface area contributed by atoms with Crippen LogP contribution in [0.4, 0.5) is 0 Å². The highest BCUT2D eigenvalue weighted by atomic mass is 16.5. The zero-order valence-corrected chi connectivity index (χ0v) is 11.1. The standard InChI is InChI=1S/C13H25N3O/c1-3-4-5-6-7-8-9-10-12-15-13(11(2)14)16-17-12/h11H,3-10,14H2,1-2H3. The number of hydrogen-bond donors (Lipinski definition) is 1.